The highest BCUT2D eigenvalue weighted by Gasteiger charge is 2.31. The van der Waals surface area contributed by atoms with Crippen molar-refractivity contribution in [3.63, 3.8) is 0 Å². The van der Waals surface area contributed by atoms with E-state index >= 15 is 0 Å². The van der Waals surface area contributed by atoms with Gasteiger partial charge in [-0.05, 0) is 6.92 Å². The SMILES string of the molecule is C#CC1CC(=O)N(c2nccnc2C)C1. The number of rotatable bonds is 1. The first kappa shape index (κ1) is 9.66. The van der Waals surface area contributed by atoms with Gasteiger partial charge in [0.1, 0.15) is 0 Å². The van der Waals surface area contributed by atoms with Gasteiger partial charge in [-0.15, -0.1) is 12.3 Å². The molecule has 2 rings (SSSR count). The lowest BCUT2D eigenvalue weighted by atomic mass is 10.1. The Morgan fingerprint density at radius 2 is 2.27 bits per heavy atom. The number of terminal acetylenes is 1. The van der Waals surface area contributed by atoms with Crippen molar-refractivity contribution in [2.24, 2.45) is 5.92 Å². The molecule has 1 saturated heterocycles. The largest absolute Gasteiger partial charge is 0.294 e. The zero-order chi connectivity index (χ0) is 10.8. The van der Waals surface area contributed by atoms with Crippen LogP contribution in [0.4, 0.5) is 5.82 Å². The van der Waals surface area contributed by atoms with Crippen LogP contribution < -0.4 is 4.90 Å². The first-order valence-electron chi connectivity index (χ1n) is 4.76. The molecule has 4 nitrogen and oxygen atoms in total. The molecule has 1 aliphatic rings. The zero-order valence-corrected chi connectivity index (χ0v) is 8.47. The van der Waals surface area contributed by atoms with Crippen LogP contribution >= 0.6 is 0 Å². The van der Waals surface area contributed by atoms with Crippen molar-refractivity contribution in [3.8, 4) is 12.3 Å². The quantitative estimate of drug-likeness (QED) is 0.630. The third-order valence-corrected chi connectivity index (χ3v) is 2.47. The van der Waals surface area contributed by atoms with E-state index < -0.39 is 0 Å². The molecule has 1 unspecified atom stereocenters. The van der Waals surface area contributed by atoms with Gasteiger partial charge in [0.2, 0.25) is 5.91 Å². The minimum atomic E-state index is -0.00101. The Morgan fingerprint density at radius 1 is 1.53 bits per heavy atom. The van der Waals surface area contributed by atoms with E-state index in [0.717, 1.165) is 5.69 Å². The van der Waals surface area contributed by atoms with Gasteiger partial charge < -0.3 is 0 Å². The maximum atomic E-state index is 11.7. The molecule has 1 aliphatic heterocycles. The molecular weight excluding hydrogens is 190 g/mol. The Morgan fingerprint density at radius 3 is 2.87 bits per heavy atom. The third kappa shape index (κ3) is 1.68. The average molecular weight is 201 g/mol. The van der Waals surface area contributed by atoms with E-state index in [-0.39, 0.29) is 11.8 Å². The lowest BCUT2D eigenvalue weighted by Crippen LogP contribution is -2.26. The minimum absolute atomic E-state index is 0.00101. The molecule has 2 heterocycles. The summed E-state index contributed by atoms with van der Waals surface area (Å²) in [5, 5.41) is 0. The number of amides is 1. The molecule has 1 aromatic heterocycles. The molecule has 15 heavy (non-hydrogen) atoms. The van der Waals surface area contributed by atoms with Crippen molar-refractivity contribution in [3.05, 3.63) is 18.1 Å². The number of carbonyl (C=O) groups is 1. The number of nitrogens with zero attached hydrogens (tertiary/aromatic N) is 3. The highest BCUT2D eigenvalue weighted by Crippen LogP contribution is 2.24. The van der Waals surface area contributed by atoms with Crippen LogP contribution in [0.1, 0.15) is 12.1 Å². The van der Waals surface area contributed by atoms with Crippen LogP contribution in [0.3, 0.4) is 0 Å². The van der Waals surface area contributed by atoms with Crippen LogP contribution in [-0.2, 0) is 4.79 Å². The second-order valence-corrected chi connectivity index (χ2v) is 3.54. The number of hydrogen-bond acceptors (Lipinski definition) is 3. The summed E-state index contributed by atoms with van der Waals surface area (Å²) in [7, 11) is 0. The Hall–Kier alpha value is -1.89. The van der Waals surface area contributed by atoms with Crippen LogP contribution in [0.25, 0.3) is 0 Å². The van der Waals surface area contributed by atoms with Crippen molar-refractivity contribution < 1.29 is 4.79 Å². The number of hydrogen-bond donors (Lipinski definition) is 0. The molecule has 76 valence electrons. The van der Waals surface area contributed by atoms with Gasteiger partial charge in [-0.3, -0.25) is 14.7 Å². The average Bonchev–Trinajstić information content (AvgIpc) is 2.60. The molecule has 1 amide bonds. The highest BCUT2D eigenvalue weighted by atomic mass is 16.2. The molecule has 0 radical (unpaired) electrons. The van der Waals surface area contributed by atoms with Crippen LogP contribution in [0.2, 0.25) is 0 Å². The van der Waals surface area contributed by atoms with Crippen molar-refractivity contribution in [1.82, 2.24) is 9.97 Å². The zero-order valence-electron chi connectivity index (χ0n) is 8.47. The summed E-state index contributed by atoms with van der Waals surface area (Å²) in [5.74, 6) is 3.26. The normalized spacial score (nSPS) is 20.4. The summed E-state index contributed by atoms with van der Waals surface area (Å²) in [6.07, 6.45) is 8.91. The number of anilines is 1. The van der Waals surface area contributed by atoms with Gasteiger partial charge in [-0.1, -0.05) is 0 Å². The molecule has 4 heteroatoms. The van der Waals surface area contributed by atoms with Gasteiger partial charge in [0.25, 0.3) is 0 Å². The fraction of sp³-hybridized carbons (Fsp3) is 0.364. The van der Waals surface area contributed by atoms with Gasteiger partial charge in [-0.25, -0.2) is 4.98 Å². The van der Waals surface area contributed by atoms with E-state index in [1.807, 2.05) is 6.92 Å². The molecule has 0 aliphatic carbocycles. The van der Waals surface area contributed by atoms with E-state index in [1.165, 1.54) is 0 Å². The van der Waals surface area contributed by atoms with Crippen molar-refractivity contribution in [2.45, 2.75) is 13.3 Å². The number of aromatic nitrogens is 2. The fourth-order valence-corrected chi connectivity index (χ4v) is 1.69. The Balaban J connectivity index is 2.30. The van der Waals surface area contributed by atoms with E-state index in [9.17, 15) is 4.79 Å². The lowest BCUT2D eigenvalue weighted by molar-refractivity contribution is -0.117. The summed E-state index contributed by atoms with van der Waals surface area (Å²) >= 11 is 0. The topological polar surface area (TPSA) is 46.1 Å². The monoisotopic (exact) mass is 201 g/mol. The molecule has 1 atom stereocenters. The maximum absolute atomic E-state index is 11.7. The van der Waals surface area contributed by atoms with Crippen LogP contribution in [0.5, 0.6) is 0 Å². The van der Waals surface area contributed by atoms with Gasteiger partial charge >= 0.3 is 0 Å². The van der Waals surface area contributed by atoms with Crippen LogP contribution in [0.15, 0.2) is 12.4 Å². The highest BCUT2D eigenvalue weighted by molar-refractivity contribution is 5.95. The van der Waals surface area contributed by atoms with Gasteiger partial charge in [0, 0.05) is 31.3 Å². The van der Waals surface area contributed by atoms with Gasteiger partial charge in [-0.2, -0.15) is 0 Å². The molecule has 0 saturated carbocycles. The summed E-state index contributed by atoms with van der Waals surface area (Å²) in [4.78, 5) is 21.5. The number of carbonyl (C=O) groups excluding carboxylic acids is 1. The Labute approximate surface area is 88.3 Å². The summed E-state index contributed by atoms with van der Waals surface area (Å²) in [5.41, 5.74) is 0.753. The summed E-state index contributed by atoms with van der Waals surface area (Å²) < 4.78 is 0. The second kappa shape index (κ2) is 3.70. The van der Waals surface area contributed by atoms with Crippen molar-refractivity contribution in [1.29, 1.82) is 0 Å². The van der Waals surface area contributed by atoms with E-state index in [4.69, 9.17) is 6.42 Å². The fourth-order valence-electron chi connectivity index (χ4n) is 1.69. The van der Waals surface area contributed by atoms with Gasteiger partial charge in [0.15, 0.2) is 5.82 Å². The van der Waals surface area contributed by atoms with Gasteiger partial charge in [0.05, 0.1) is 5.69 Å². The van der Waals surface area contributed by atoms with E-state index in [2.05, 4.69) is 15.9 Å². The first-order valence-corrected chi connectivity index (χ1v) is 4.76. The predicted octanol–water partition coefficient (Wildman–Crippen LogP) is 0.771. The number of aryl methyl sites for hydroxylation is 1. The molecule has 1 aromatic rings. The lowest BCUT2D eigenvalue weighted by Gasteiger charge is -2.15. The molecule has 0 aromatic carbocycles. The maximum Gasteiger partial charge on any atom is 0.229 e. The smallest absolute Gasteiger partial charge is 0.229 e. The second-order valence-electron chi connectivity index (χ2n) is 3.54. The van der Waals surface area contributed by atoms with Crippen LogP contribution in [-0.4, -0.2) is 22.4 Å². The van der Waals surface area contributed by atoms with E-state index in [1.54, 1.807) is 17.3 Å². The minimum Gasteiger partial charge on any atom is -0.294 e. The summed E-state index contributed by atoms with van der Waals surface area (Å²) in [6.45, 7) is 2.38. The van der Waals surface area contributed by atoms with E-state index in [0.29, 0.717) is 18.8 Å². The molecule has 0 N–H and O–H groups in total. The Bertz CT molecular complexity index is 436. The first-order chi connectivity index (χ1) is 7.22. The predicted molar refractivity (Wildman–Crippen MR) is 56.1 cm³/mol. The Kier molecular flexibility index (Phi) is 2.38. The molecule has 0 bridgehead atoms. The summed E-state index contributed by atoms with van der Waals surface area (Å²) in [6, 6.07) is 0. The van der Waals surface area contributed by atoms with Crippen LogP contribution in [0, 0.1) is 25.2 Å². The third-order valence-electron chi connectivity index (χ3n) is 2.47. The molecule has 0 spiro atoms. The van der Waals surface area contributed by atoms with Crippen molar-refractivity contribution >= 4 is 11.7 Å². The van der Waals surface area contributed by atoms with Crippen molar-refractivity contribution in [2.75, 3.05) is 11.4 Å². The molecule has 1 fully saturated rings. The molecular formula is C11H11N3O. The standard InChI is InChI=1S/C11H11N3O/c1-3-9-6-10(15)14(7-9)11-8(2)12-4-5-13-11/h1,4-5,9H,6-7H2,2H3.